The van der Waals surface area contributed by atoms with E-state index in [4.69, 9.17) is 4.74 Å². The summed E-state index contributed by atoms with van der Waals surface area (Å²) >= 11 is 0.148. The molecule has 0 aliphatic carbocycles. The van der Waals surface area contributed by atoms with Crippen LogP contribution >= 0.6 is 0 Å². The Balaban J connectivity index is 1.50. The molecular weight excluding hydrogens is 382 g/mol. The molecule has 0 aromatic heterocycles. The van der Waals surface area contributed by atoms with E-state index in [9.17, 15) is 13.2 Å². The summed E-state index contributed by atoms with van der Waals surface area (Å²) in [5.74, 6) is 0.683. The fourth-order valence-electron chi connectivity index (χ4n) is 2.35. The maximum absolute atomic E-state index is 12.5. The van der Waals surface area contributed by atoms with Crippen LogP contribution in [0.5, 0.6) is 0 Å². The predicted octanol–water partition coefficient (Wildman–Crippen LogP) is 3.69. The van der Waals surface area contributed by atoms with E-state index >= 15 is 0 Å². The van der Waals surface area contributed by atoms with E-state index in [2.05, 4.69) is 4.99 Å². The monoisotopic (exact) mass is 399 g/mol. The van der Waals surface area contributed by atoms with Gasteiger partial charge in [0, 0.05) is 0 Å². The fourth-order valence-corrected chi connectivity index (χ4v) is 4.36. The van der Waals surface area contributed by atoms with Gasteiger partial charge in [0.25, 0.3) is 0 Å². The van der Waals surface area contributed by atoms with Crippen molar-refractivity contribution in [2.45, 2.75) is 24.0 Å². The third kappa shape index (κ3) is 4.40. The molecule has 0 bridgehead atoms. The van der Waals surface area contributed by atoms with Gasteiger partial charge in [-0.15, -0.1) is 0 Å². The first-order valence-corrected chi connectivity index (χ1v) is 9.65. The second kappa shape index (κ2) is 7.41. The molecule has 0 saturated heterocycles. The van der Waals surface area contributed by atoms with Crippen LogP contribution in [-0.2, 0) is 10.9 Å². The number of halogens is 3. The van der Waals surface area contributed by atoms with Crippen molar-refractivity contribution in [3.63, 3.8) is 0 Å². The van der Waals surface area contributed by atoms with Crippen LogP contribution in [0.15, 0.2) is 59.6 Å². The predicted molar refractivity (Wildman–Crippen MR) is 89.0 cm³/mol. The van der Waals surface area contributed by atoms with E-state index in [0.29, 0.717) is 12.5 Å². The van der Waals surface area contributed by atoms with E-state index in [1.54, 1.807) is 12.1 Å². The Morgan fingerprint density at radius 2 is 1.75 bits per heavy atom. The number of alkyl halides is 3. The van der Waals surface area contributed by atoms with Crippen molar-refractivity contribution in [3.05, 3.63) is 65.7 Å². The zero-order chi connectivity index (χ0) is 17.0. The number of hydrogen-bond donors (Lipinski definition) is 0. The van der Waals surface area contributed by atoms with E-state index in [1.165, 1.54) is 0 Å². The second-order valence-corrected chi connectivity index (χ2v) is 7.88. The molecule has 0 spiro atoms. The molecule has 0 unspecified atom stereocenters. The molecule has 0 fully saturated rings. The average Bonchev–Trinajstić information content (AvgIpc) is 3.04. The summed E-state index contributed by atoms with van der Waals surface area (Å²) < 4.78 is 44.2. The van der Waals surface area contributed by atoms with Crippen LogP contribution in [0.25, 0.3) is 0 Å². The summed E-state index contributed by atoms with van der Waals surface area (Å²) in [6.45, 7) is 0.577. The average molecular weight is 398 g/mol. The SMILES string of the molecule is FC(F)(F)c1ccc([Se]CC[C@H]2COC(c3ccccc3)=N2)cc1. The minimum atomic E-state index is -4.27. The van der Waals surface area contributed by atoms with E-state index in [-0.39, 0.29) is 21.0 Å². The Labute approximate surface area is 144 Å². The van der Waals surface area contributed by atoms with E-state index < -0.39 is 11.7 Å². The second-order valence-electron chi connectivity index (χ2n) is 5.42. The molecule has 0 radical (unpaired) electrons. The summed E-state index contributed by atoms with van der Waals surface area (Å²) in [4.78, 5) is 4.59. The zero-order valence-electron chi connectivity index (χ0n) is 12.8. The van der Waals surface area contributed by atoms with Crippen molar-refractivity contribution in [1.29, 1.82) is 0 Å². The Morgan fingerprint density at radius 3 is 2.42 bits per heavy atom. The quantitative estimate of drug-likeness (QED) is 0.705. The summed E-state index contributed by atoms with van der Waals surface area (Å²) in [6.07, 6.45) is -3.38. The van der Waals surface area contributed by atoms with Crippen molar-refractivity contribution >= 4 is 25.3 Å². The zero-order valence-corrected chi connectivity index (χ0v) is 14.5. The van der Waals surface area contributed by atoms with E-state index in [0.717, 1.165) is 33.9 Å². The molecule has 126 valence electrons. The molecular formula is C18H16F3NOSe. The third-order valence-electron chi connectivity index (χ3n) is 3.63. The normalized spacial score (nSPS) is 17.5. The Morgan fingerprint density at radius 1 is 1.04 bits per heavy atom. The van der Waals surface area contributed by atoms with Gasteiger partial charge in [0.05, 0.1) is 0 Å². The van der Waals surface area contributed by atoms with Gasteiger partial charge >= 0.3 is 145 Å². The molecule has 3 rings (SSSR count). The van der Waals surface area contributed by atoms with Crippen molar-refractivity contribution < 1.29 is 17.9 Å². The summed E-state index contributed by atoms with van der Waals surface area (Å²) in [7, 11) is 0. The summed E-state index contributed by atoms with van der Waals surface area (Å²) in [5.41, 5.74) is 0.386. The van der Waals surface area contributed by atoms with E-state index in [1.807, 2.05) is 30.3 Å². The summed E-state index contributed by atoms with van der Waals surface area (Å²) in [6, 6.07) is 15.4. The first-order chi connectivity index (χ1) is 11.5. The van der Waals surface area contributed by atoms with Crippen molar-refractivity contribution in [1.82, 2.24) is 0 Å². The Bertz CT molecular complexity index is 698. The molecule has 1 aliphatic heterocycles. The molecule has 0 amide bonds. The van der Waals surface area contributed by atoms with Gasteiger partial charge in [0.1, 0.15) is 0 Å². The van der Waals surface area contributed by atoms with Gasteiger partial charge in [-0.25, -0.2) is 0 Å². The number of benzene rings is 2. The number of nitrogens with zero attached hydrogens (tertiary/aromatic N) is 1. The number of ether oxygens (including phenoxy) is 1. The third-order valence-corrected chi connectivity index (χ3v) is 5.83. The molecule has 1 aliphatic rings. The van der Waals surface area contributed by atoms with Crippen molar-refractivity contribution in [3.8, 4) is 0 Å². The summed E-state index contributed by atoms with van der Waals surface area (Å²) in [5, 5.41) is 0.929. The van der Waals surface area contributed by atoms with Crippen LogP contribution in [0.1, 0.15) is 17.5 Å². The minimum absolute atomic E-state index is 0.136. The first kappa shape index (κ1) is 17.1. The molecule has 24 heavy (non-hydrogen) atoms. The molecule has 1 atom stereocenters. The fraction of sp³-hybridized carbons (Fsp3) is 0.278. The van der Waals surface area contributed by atoms with Gasteiger partial charge in [-0.3, -0.25) is 0 Å². The number of aliphatic imine (C=N–C) groups is 1. The molecule has 0 saturated carbocycles. The van der Waals surface area contributed by atoms with Gasteiger partial charge in [-0.1, -0.05) is 0 Å². The van der Waals surface area contributed by atoms with Crippen LogP contribution in [-0.4, -0.2) is 33.5 Å². The van der Waals surface area contributed by atoms with Crippen LogP contribution in [0, 0.1) is 0 Å². The standard InChI is InChI=1S/C18H16F3NOSe/c19-18(20,21)14-6-8-16(9-7-14)24-11-10-15-12-23-17(22-15)13-4-2-1-3-5-13/h1-9,15H,10-12H2/t15-/m0/s1. The van der Waals surface area contributed by atoms with Gasteiger partial charge in [-0.05, 0) is 0 Å². The van der Waals surface area contributed by atoms with Crippen LogP contribution in [0.3, 0.4) is 0 Å². The Hall–Kier alpha value is -1.78. The molecule has 0 N–H and O–H groups in total. The molecule has 6 heteroatoms. The molecule has 2 aromatic carbocycles. The topological polar surface area (TPSA) is 21.6 Å². The molecule has 2 aromatic rings. The first-order valence-electron chi connectivity index (χ1n) is 7.58. The van der Waals surface area contributed by atoms with Gasteiger partial charge < -0.3 is 0 Å². The number of hydrogen-bond acceptors (Lipinski definition) is 2. The van der Waals surface area contributed by atoms with Crippen LogP contribution in [0.2, 0.25) is 5.32 Å². The van der Waals surface area contributed by atoms with Crippen molar-refractivity contribution in [2.24, 2.45) is 4.99 Å². The molecule has 1 heterocycles. The van der Waals surface area contributed by atoms with Crippen LogP contribution < -0.4 is 4.46 Å². The maximum atomic E-state index is 12.5. The Kier molecular flexibility index (Phi) is 5.26. The van der Waals surface area contributed by atoms with Gasteiger partial charge in [0.15, 0.2) is 0 Å². The van der Waals surface area contributed by atoms with Gasteiger partial charge in [-0.2, -0.15) is 0 Å². The molecule has 2 nitrogen and oxygen atoms in total. The number of rotatable bonds is 5. The van der Waals surface area contributed by atoms with Gasteiger partial charge in [0.2, 0.25) is 0 Å². The van der Waals surface area contributed by atoms with Crippen molar-refractivity contribution in [2.75, 3.05) is 6.61 Å². The van der Waals surface area contributed by atoms with Crippen LogP contribution in [0.4, 0.5) is 13.2 Å².